The van der Waals surface area contributed by atoms with Crippen LogP contribution in [0.3, 0.4) is 0 Å². The van der Waals surface area contributed by atoms with Crippen molar-refractivity contribution in [2.75, 3.05) is 0 Å². The molecule has 0 saturated carbocycles. The topological polar surface area (TPSA) is 17.8 Å². The van der Waals surface area contributed by atoms with Gasteiger partial charge in [-0.1, -0.05) is 31.4 Å². The van der Waals surface area contributed by atoms with Gasteiger partial charge in [0, 0.05) is 13.2 Å². The molecule has 0 saturated heterocycles. The molecule has 0 radical (unpaired) electrons. The second-order valence-electron chi connectivity index (χ2n) is 2.49. The van der Waals surface area contributed by atoms with Gasteiger partial charge in [0.1, 0.15) is 0 Å². The molecule has 1 aromatic heterocycles. The fourth-order valence-corrected chi connectivity index (χ4v) is 0.856. The van der Waals surface area contributed by atoms with Crippen LogP contribution in [0.4, 0.5) is 0 Å². The van der Waals surface area contributed by atoms with E-state index in [0.29, 0.717) is 0 Å². The normalized spacial score (nSPS) is 10.4. The van der Waals surface area contributed by atoms with Gasteiger partial charge in [0.05, 0.1) is 5.69 Å². The molecule has 2 heteroatoms. The fraction of sp³-hybridized carbons (Fsp3) is 0.100. The zero-order chi connectivity index (χ0) is 8.97. The summed E-state index contributed by atoms with van der Waals surface area (Å²) in [5.41, 5.74) is 1.80. The summed E-state index contributed by atoms with van der Waals surface area (Å²) in [6, 6.07) is 1.93. The molecule has 0 aromatic carbocycles. The van der Waals surface area contributed by atoms with Crippen LogP contribution in [0, 0.1) is 0 Å². The van der Waals surface area contributed by atoms with E-state index in [4.69, 9.17) is 0 Å². The van der Waals surface area contributed by atoms with Crippen molar-refractivity contribution in [3.8, 4) is 0 Å². The minimum absolute atomic E-state index is 0.899. The summed E-state index contributed by atoms with van der Waals surface area (Å²) < 4.78 is 1.75. The van der Waals surface area contributed by atoms with Crippen molar-refractivity contribution < 1.29 is 0 Å². The number of nitrogens with zero attached hydrogens (tertiary/aromatic N) is 2. The molecular weight excluding hydrogens is 148 g/mol. The summed E-state index contributed by atoms with van der Waals surface area (Å²) in [5.74, 6) is 0. The van der Waals surface area contributed by atoms with Crippen LogP contribution >= 0.6 is 0 Å². The minimum atomic E-state index is 0.899. The summed E-state index contributed by atoms with van der Waals surface area (Å²) in [6.45, 7) is 7.44. The van der Waals surface area contributed by atoms with Crippen molar-refractivity contribution in [2.24, 2.45) is 7.05 Å². The maximum Gasteiger partial charge on any atom is 0.0917 e. The monoisotopic (exact) mass is 160 g/mol. The van der Waals surface area contributed by atoms with Crippen LogP contribution in [-0.2, 0) is 7.05 Å². The van der Waals surface area contributed by atoms with Gasteiger partial charge in [-0.3, -0.25) is 4.68 Å². The Morgan fingerprint density at radius 1 is 1.67 bits per heavy atom. The quantitative estimate of drug-likeness (QED) is 0.620. The maximum atomic E-state index is 4.20. The van der Waals surface area contributed by atoms with Crippen LogP contribution in [0.2, 0.25) is 0 Å². The van der Waals surface area contributed by atoms with E-state index in [1.165, 1.54) is 0 Å². The van der Waals surface area contributed by atoms with Gasteiger partial charge in [-0.15, -0.1) is 0 Å². The highest BCUT2D eigenvalue weighted by molar-refractivity contribution is 5.69. The molecule has 0 spiro atoms. The van der Waals surface area contributed by atoms with Gasteiger partial charge in [0.2, 0.25) is 0 Å². The largest absolute Gasteiger partial charge is 0.275 e. The molecule has 0 fully saturated rings. The fourth-order valence-electron chi connectivity index (χ4n) is 0.856. The summed E-state index contributed by atoms with van der Waals surface area (Å²) in [6.07, 6.45) is 7.34. The van der Waals surface area contributed by atoms with E-state index >= 15 is 0 Å². The average molecular weight is 160 g/mol. The first-order valence-corrected chi connectivity index (χ1v) is 3.72. The maximum absolute atomic E-state index is 4.20. The van der Waals surface area contributed by atoms with E-state index in [0.717, 1.165) is 11.3 Å². The van der Waals surface area contributed by atoms with E-state index < -0.39 is 0 Å². The smallest absolute Gasteiger partial charge is 0.0917 e. The molecule has 0 amide bonds. The Kier molecular flexibility index (Phi) is 2.64. The molecule has 0 bridgehead atoms. The van der Waals surface area contributed by atoms with Crippen LogP contribution in [-0.4, -0.2) is 9.78 Å². The van der Waals surface area contributed by atoms with Crippen LogP contribution in [0.25, 0.3) is 5.57 Å². The van der Waals surface area contributed by atoms with Crippen LogP contribution in [0.15, 0.2) is 43.6 Å². The SMILES string of the molecule is C=C/C=C\C(=C)c1ccn(C)n1. The van der Waals surface area contributed by atoms with Crippen molar-refractivity contribution in [1.29, 1.82) is 0 Å². The molecule has 1 heterocycles. The first-order valence-electron chi connectivity index (χ1n) is 3.72. The van der Waals surface area contributed by atoms with Crippen molar-refractivity contribution in [3.05, 3.63) is 49.3 Å². The summed E-state index contributed by atoms with van der Waals surface area (Å²) in [5, 5.41) is 4.20. The first kappa shape index (κ1) is 8.53. The van der Waals surface area contributed by atoms with Crippen LogP contribution in [0.5, 0.6) is 0 Å². The predicted molar refractivity (Wildman–Crippen MR) is 51.6 cm³/mol. The molecule has 2 nitrogen and oxygen atoms in total. The molecule has 0 atom stereocenters. The highest BCUT2D eigenvalue weighted by atomic mass is 15.2. The molecule has 0 aliphatic carbocycles. The number of aryl methyl sites for hydroxylation is 1. The third-order valence-corrected chi connectivity index (χ3v) is 1.48. The Morgan fingerprint density at radius 2 is 2.42 bits per heavy atom. The number of hydrogen-bond acceptors (Lipinski definition) is 1. The van der Waals surface area contributed by atoms with E-state index in [2.05, 4.69) is 18.3 Å². The van der Waals surface area contributed by atoms with Gasteiger partial charge in [-0.25, -0.2) is 0 Å². The number of hydrogen-bond donors (Lipinski definition) is 0. The Balaban J connectivity index is 2.78. The average Bonchev–Trinajstić information content (AvgIpc) is 2.47. The Labute approximate surface area is 72.5 Å². The Hall–Kier alpha value is -1.57. The molecule has 62 valence electrons. The highest BCUT2D eigenvalue weighted by Crippen LogP contribution is 2.09. The molecule has 0 unspecified atom stereocenters. The third-order valence-electron chi connectivity index (χ3n) is 1.48. The Morgan fingerprint density at radius 3 is 2.92 bits per heavy atom. The van der Waals surface area contributed by atoms with Gasteiger partial charge >= 0.3 is 0 Å². The lowest BCUT2D eigenvalue weighted by Crippen LogP contribution is -1.88. The summed E-state index contributed by atoms with van der Waals surface area (Å²) in [7, 11) is 1.88. The van der Waals surface area contributed by atoms with E-state index in [-0.39, 0.29) is 0 Å². The van der Waals surface area contributed by atoms with Gasteiger partial charge < -0.3 is 0 Å². The first-order chi connectivity index (χ1) is 5.74. The van der Waals surface area contributed by atoms with Crippen molar-refractivity contribution in [1.82, 2.24) is 9.78 Å². The zero-order valence-electron chi connectivity index (χ0n) is 7.20. The van der Waals surface area contributed by atoms with Crippen molar-refractivity contribution in [2.45, 2.75) is 0 Å². The van der Waals surface area contributed by atoms with E-state index in [9.17, 15) is 0 Å². The molecule has 0 aliphatic heterocycles. The van der Waals surface area contributed by atoms with Gasteiger partial charge in [-0.05, 0) is 11.6 Å². The van der Waals surface area contributed by atoms with Gasteiger partial charge in [-0.2, -0.15) is 5.10 Å². The summed E-state index contributed by atoms with van der Waals surface area (Å²) in [4.78, 5) is 0. The number of allylic oxidation sites excluding steroid dienone is 4. The number of aromatic nitrogens is 2. The lowest BCUT2D eigenvalue weighted by Gasteiger charge is -1.91. The van der Waals surface area contributed by atoms with Crippen LogP contribution in [0.1, 0.15) is 5.69 Å². The molecule has 1 rings (SSSR count). The van der Waals surface area contributed by atoms with Gasteiger partial charge in [0.25, 0.3) is 0 Å². The second-order valence-corrected chi connectivity index (χ2v) is 2.49. The molecular formula is C10H12N2. The third kappa shape index (κ3) is 1.95. The predicted octanol–water partition coefficient (Wildman–Crippen LogP) is 2.18. The van der Waals surface area contributed by atoms with Gasteiger partial charge in [0.15, 0.2) is 0 Å². The van der Waals surface area contributed by atoms with Crippen molar-refractivity contribution in [3.63, 3.8) is 0 Å². The van der Waals surface area contributed by atoms with E-state index in [1.54, 1.807) is 10.8 Å². The molecule has 1 aromatic rings. The molecule has 12 heavy (non-hydrogen) atoms. The lowest BCUT2D eigenvalue weighted by atomic mass is 10.2. The van der Waals surface area contributed by atoms with Crippen LogP contribution < -0.4 is 0 Å². The Bertz CT molecular complexity index is 318. The van der Waals surface area contributed by atoms with Crippen molar-refractivity contribution >= 4 is 5.57 Å². The highest BCUT2D eigenvalue weighted by Gasteiger charge is 1.96. The standard InChI is InChI=1S/C10H12N2/c1-4-5-6-9(2)10-7-8-12(3)11-10/h4-8H,1-2H2,3H3/b6-5-. The molecule has 0 aliphatic rings. The second kappa shape index (κ2) is 3.72. The van der Waals surface area contributed by atoms with E-state index in [1.807, 2.05) is 31.5 Å². The summed E-state index contributed by atoms with van der Waals surface area (Å²) >= 11 is 0. The minimum Gasteiger partial charge on any atom is -0.275 e. The molecule has 0 N–H and O–H groups in total. The lowest BCUT2D eigenvalue weighted by molar-refractivity contribution is 0.764. The number of rotatable bonds is 3. The zero-order valence-corrected chi connectivity index (χ0v) is 7.20.